The van der Waals surface area contributed by atoms with Gasteiger partial charge in [-0.2, -0.15) is 4.98 Å². The molecule has 1 atom stereocenters. The van der Waals surface area contributed by atoms with E-state index in [1.165, 1.54) is 11.8 Å². The molecule has 1 saturated heterocycles. The van der Waals surface area contributed by atoms with E-state index in [1.54, 1.807) is 18.3 Å². The fraction of sp³-hybridized carbons (Fsp3) is 0.467. The Morgan fingerprint density at radius 2 is 2.43 bits per heavy atom. The molecule has 1 amide bonds. The minimum Gasteiger partial charge on any atom is -0.368 e. The zero-order valence-electron chi connectivity index (χ0n) is 12.8. The van der Waals surface area contributed by atoms with Gasteiger partial charge in [0, 0.05) is 25.8 Å². The lowest BCUT2D eigenvalue weighted by atomic mass is 10.2. The van der Waals surface area contributed by atoms with Gasteiger partial charge in [-0.05, 0) is 31.2 Å². The fourth-order valence-corrected chi connectivity index (χ4v) is 2.93. The van der Waals surface area contributed by atoms with Gasteiger partial charge in [0.2, 0.25) is 0 Å². The number of thioether (sulfide) groups is 1. The Labute approximate surface area is 138 Å². The SMILES string of the molecule is CSc1ncccc1C(=O)NCCc1noc([C@@H]2CCCO2)n1. The molecule has 2 aromatic rings. The van der Waals surface area contributed by atoms with E-state index in [2.05, 4.69) is 20.4 Å². The lowest BCUT2D eigenvalue weighted by Crippen LogP contribution is -2.26. The van der Waals surface area contributed by atoms with Crippen LogP contribution < -0.4 is 5.32 Å². The van der Waals surface area contributed by atoms with Gasteiger partial charge in [0.25, 0.3) is 11.8 Å². The molecule has 1 fully saturated rings. The molecular weight excluding hydrogens is 316 g/mol. The quantitative estimate of drug-likeness (QED) is 0.808. The smallest absolute Gasteiger partial charge is 0.255 e. The van der Waals surface area contributed by atoms with Crippen LogP contribution in [0.1, 0.15) is 41.0 Å². The van der Waals surface area contributed by atoms with E-state index in [4.69, 9.17) is 9.26 Å². The molecule has 2 aromatic heterocycles. The van der Waals surface area contributed by atoms with Crippen LogP contribution in [0, 0.1) is 0 Å². The number of hydrogen-bond acceptors (Lipinski definition) is 7. The van der Waals surface area contributed by atoms with Gasteiger partial charge < -0.3 is 14.6 Å². The van der Waals surface area contributed by atoms with Gasteiger partial charge >= 0.3 is 0 Å². The van der Waals surface area contributed by atoms with Crippen LogP contribution in [0.2, 0.25) is 0 Å². The molecule has 1 N–H and O–H groups in total. The van der Waals surface area contributed by atoms with Gasteiger partial charge in [0.15, 0.2) is 5.82 Å². The zero-order valence-corrected chi connectivity index (χ0v) is 13.6. The summed E-state index contributed by atoms with van der Waals surface area (Å²) in [5, 5.41) is 7.50. The molecule has 0 aliphatic carbocycles. The number of hydrogen-bond donors (Lipinski definition) is 1. The number of ether oxygens (including phenoxy) is 1. The van der Waals surface area contributed by atoms with E-state index in [0.717, 1.165) is 19.4 Å². The van der Waals surface area contributed by atoms with Crippen LogP contribution in [0.25, 0.3) is 0 Å². The third-order valence-corrected chi connectivity index (χ3v) is 4.24. The van der Waals surface area contributed by atoms with Crippen LogP contribution in [0.4, 0.5) is 0 Å². The monoisotopic (exact) mass is 334 g/mol. The molecule has 122 valence electrons. The number of nitrogens with zero attached hydrogens (tertiary/aromatic N) is 3. The van der Waals surface area contributed by atoms with Gasteiger partial charge in [-0.15, -0.1) is 11.8 Å². The van der Waals surface area contributed by atoms with Gasteiger partial charge in [0.1, 0.15) is 11.1 Å². The first-order valence-electron chi connectivity index (χ1n) is 7.49. The number of aromatic nitrogens is 3. The molecule has 0 spiro atoms. The Morgan fingerprint density at radius 1 is 1.52 bits per heavy atom. The van der Waals surface area contributed by atoms with Gasteiger partial charge in [-0.1, -0.05) is 5.16 Å². The van der Waals surface area contributed by atoms with E-state index in [0.29, 0.717) is 35.3 Å². The lowest BCUT2D eigenvalue weighted by molar-refractivity contribution is 0.0835. The van der Waals surface area contributed by atoms with Crippen molar-refractivity contribution in [3.05, 3.63) is 35.6 Å². The molecule has 0 bridgehead atoms. The average Bonchev–Trinajstić information content (AvgIpc) is 3.26. The Kier molecular flexibility index (Phi) is 5.24. The van der Waals surface area contributed by atoms with Crippen molar-refractivity contribution in [2.24, 2.45) is 0 Å². The van der Waals surface area contributed by atoms with E-state index in [-0.39, 0.29) is 12.0 Å². The van der Waals surface area contributed by atoms with E-state index in [1.807, 2.05) is 6.26 Å². The molecule has 0 radical (unpaired) electrons. The summed E-state index contributed by atoms with van der Waals surface area (Å²) in [6.45, 7) is 1.17. The Morgan fingerprint density at radius 3 is 3.22 bits per heavy atom. The van der Waals surface area contributed by atoms with E-state index < -0.39 is 0 Å². The molecule has 23 heavy (non-hydrogen) atoms. The van der Waals surface area contributed by atoms with Crippen molar-refractivity contribution < 1.29 is 14.1 Å². The first-order valence-corrected chi connectivity index (χ1v) is 8.71. The molecule has 1 aliphatic rings. The number of rotatable bonds is 6. The maximum Gasteiger partial charge on any atom is 0.255 e. The van der Waals surface area contributed by atoms with Crippen molar-refractivity contribution in [1.29, 1.82) is 0 Å². The summed E-state index contributed by atoms with van der Waals surface area (Å²) in [5.41, 5.74) is 0.577. The summed E-state index contributed by atoms with van der Waals surface area (Å²) < 4.78 is 10.7. The van der Waals surface area contributed by atoms with Crippen LogP contribution in [-0.2, 0) is 11.2 Å². The second-order valence-corrected chi connectivity index (χ2v) is 5.91. The highest BCUT2D eigenvalue weighted by atomic mass is 32.2. The first-order chi connectivity index (χ1) is 11.3. The van der Waals surface area contributed by atoms with Crippen molar-refractivity contribution >= 4 is 17.7 Å². The predicted molar refractivity (Wildman–Crippen MR) is 84.3 cm³/mol. The summed E-state index contributed by atoms with van der Waals surface area (Å²) in [4.78, 5) is 20.7. The number of pyridine rings is 1. The largest absolute Gasteiger partial charge is 0.368 e. The fourth-order valence-electron chi connectivity index (χ4n) is 2.38. The summed E-state index contributed by atoms with van der Waals surface area (Å²) in [7, 11) is 0. The van der Waals surface area contributed by atoms with Crippen LogP contribution in [0.5, 0.6) is 0 Å². The summed E-state index contributed by atoms with van der Waals surface area (Å²) in [6.07, 6.45) is 5.93. The number of amides is 1. The van der Waals surface area contributed by atoms with Crippen LogP contribution >= 0.6 is 11.8 Å². The lowest BCUT2D eigenvalue weighted by Gasteiger charge is -2.06. The predicted octanol–water partition coefficient (Wildman–Crippen LogP) is 2.01. The highest BCUT2D eigenvalue weighted by Gasteiger charge is 2.23. The summed E-state index contributed by atoms with van der Waals surface area (Å²) in [5.74, 6) is 0.957. The number of nitrogens with one attached hydrogen (secondary N) is 1. The van der Waals surface area contributed by atoms with Gasteiger partial charge in [-0.25, -0.2) is 4.98 Å². The molecule has 8 heteroatoms. The third-order valence-electron chi connectivity index (χ3n) is 3.53. The molecule has 0 saturated carbocycles. The molecule has 3 heterocycles. The topological polar surface area (TPSA) is 90.1 Å². The van der Waals surface area contributed by atoms with Crippen molar-refractivity contribution in [3.63, 3.8) is 0 Å². The summed E-state index contributed by atoms with van der Waals surface area (Å²) >= 11 is 1.45. The Bertz CT molecular complexity index is 670. The summed E-state index contributed by atoms with van der Waals surface area (Å²) in [6, 6.07) is 3.51. The molecule has 3 rings (SSSR count). The van der Waals surface area contributed by atoms with Crippen LogP contribution in [0.3, 0.4) is 0 Å². The molecular formula is C15H18N4O3S. The van der Waals surface area contributed by atoms with E-state index >= 15 is 0 Å². The first kappa shape index (κ1) is 15.9. The van der Waals surface area contributed by atoms with Crippen molar-refractivity contribution in [3.8, 4) is 0 Å². The highest BCUT2D eigenvalue weighted by Crippen LogP contribution is 2.26. The van der Waals surface area contributed by atoms with Crippen LogP contribution in [-0.4, -0.2) is 40.4 Å². The van der Waals surface area contributed by atoms with Crippen molar-refractivity contribution in [2.45, 2.75) is 30.4 Å². The Hall–Kier alpha value is -1.93. The van der Waals surface area contributed by atoms with Crippen LogP contribution in [0.15, 0.2) is 27.9 Å². The minimum absolute atomic E-state index is 0.0784. The average molecular weight is 334 g/mol. The Balaban J connectivity index is 1.52. The van der Waals surface area contributed by atoms with Gasteiger partial charge in [-0.3, -0.25) is 4.79 Å². The molecule has 1 aliphatic heterocycles. The normalized spacial score (nSPS) is 17.3. The van der Waals surface area contributed by atoms with Gasteiger partial charge in [0.05, 0.1) is 5.56 Å². The standard InChI is InChI=1S/C15H18N4O3S/c1-23-15-10(4-2-7-17-15)13(20)16-8-6-12-18-14(22-19-12)11-5-3-9-21-11/h2,4,7,11H,3,5-6,8-9H2,1H3,(H,16,20)/t11-/m0/s1. The third kappa shape index (κ3) is 3.89. The maximum atomic E-state index is 12.2. The van der Waals surface area contributed by atoms with E-state index in [9.17, 15) is 4.79 Å². The molecule has 0 unspecified atom stereocenters. The van der Waals surface area contributed by atoms with Crippen molar-refractivity contribution in [2.75, 3.05) is 19.4 Å². The molecule has 7 nitrogen and oxygen atoms in total. The minimum atomic E-state index is -0.148. The second-order valence-electron chi connectivity index (χ2n) is 5.12. The maximum absolute atomic E-state index is 12.2. The zero-order chi connectivity index (χ0) is 16.1. The molecule has 0 aromatic carbocycles. The second kappa shape index (κ2) is 7.56. The van der Waals surface area contributed by atoms with Crippen molar-refractivity contribution in [1.82, 2.24) is 20.4 Å². The number of carbonyl (C=O) groups is 1. The number of carbonyl (C=O) groups excluding carboxylic acids is 1. The highest BCUT2D eigenvalue weighted by molar-refractivity contribution is 7.98.